The number of hydrogen-bond donors (Lipinski definition) is 1. The quantitative estimate of drug-likeness (QED) is 0.632. The average Bonchev–Trinajstić information content (AvgIpc) is 2.50. The van der Waals surface area contributed by atoms with Crippen LogP contribution in [-0.2, 0) is 0 Å². The molecule has 0 radical (unpaired) electrons. The zero-order valence-corrected chi connectivity index (χ0v) is 15.9. The highest BCUT2D eigenvalue weighted by molar-refractivity contribution is 5.28. The van der Waals surface area contributed by atoms with E-state index in [2.05, 4.69) is 83.8 Å². The second kappa shape index (κ2) is 11.5. The van der Waals surface area contributed by atoms with E-state index >= 15 is 0 Å². The van der Waals surface area contributed by atoms with Crippen molar-refractivity contribution in [1.29, 1.82) is 0 Å². The second-order valence-electron chi connectivity index (χ2n) is 6.05. The van der Waals surface area contributed by atoms with Gasteiger partial charge in [0.1, 0.15) is 0 Å². The van der Waals surface area contributed by atoms with Crippen molar-refractivity contribution in [3.63, 3.8) is 0 Å². The smallest absolute Gasteiger partial charge is 0.0482 e. The molecule has 0 amide bonds. The van der Waals surface area contributed by atoms with E-state index in [0.29, 0.717) is 6.04 Å². The minimum Gasteiger partial charge on any atom is -0.382 e. The number of aryl methyl sites for hydroxylation is 2. The molecule has 0 aliphatic heterocycles. The van der Waals surface area contributed by atoms with E-state index in [1.165, 1.54) is 28.0 Å². The molecule has 0 fully saturated rings. The Morgan fingerprint density at radius 2 is 1.52 bits per heavy atom. The number of nitrogens with one attached hydrogen (secondary N) is 1. The Labute approximate surface area is 143 Å². The molecule has 1 N–H and O–H groups in total. The maximum Gasteiger partial charge on any atom is 0.0482 e. The van der Waals surface area contributed by atoms with E-state index in [1.807, 2.05) is 25.2 Å². The third-order valence-corrected chi connectivity index (χ3v) is 3.57. The Balaban J connectivity index is 0.000000502. The van der Waals surface area contributed by atoms with Gasteiger partial charge in [-0.15, -0.1) is 0 Å². The van der Waals surface area contributed by atoms with Crippen LogP contribution in [0.15, 0.2) is 72.0 Å². The first-order valence-electron chi connectivity index (χ1n) is 8.21. The molecule has 1 heteroatoms. The van der Waals surface area contributed by atoms with Gasteiger partial charge in [-0.05, 0) is 54.0 Å². The fourth-order valence-electron chi connectivity index (χ4n) is 1.86. The van der Waals surface area contributed by atoms with E-state index in [4.69, 9.17) is 0 Å². The first-order chi connectivity index (χ1) is 10.8. The van der Waals surface area contributed by atoms with Crippen molar-refractivity contribution < 1.29 is 0 Å². The predicted octanol–water partition coefficient (Wildman–Crippen LogP) is 6.27. The highest BCUT2D eigenvalue weighted by atomic mass is 14.9. The summed E-state index contributed by atoms with van der Waals surface area (Å²) in [6.07, 6.45) is 8.02. The molecular formula is C22H33N. The van der Waals surface area contributed by atoms with Crippen LogP contribution in [-0.4, -0.2) is 6.04 Å². The highest BCUT2D eigenvalue weighted by Gasteiger charge is 2.04. The summed E-state index contributed by atoms with van der Waals surface area (Å²) in [5, 5.41) is 3.46. The molecule has 126 valence electrons. The van der Waals surface area contributed by atoms with Crippen LogP contribution >= 0.6 is 0 Å². The Hall–Kier alpha value is -2.02. The first kappa shape index (κ1) is 21.0. The molecule has 1 aromatic rings. The molecule has 0 aliphatic rings. The van der Waals surface area contributed by atoms with Gasteiger partial charge in [-0.1, -0.05) is 71.8 Å². The van der Waals surface area contributed by atoms with Gasteiger partial charge >= 0.3 is 0 Å². The van der Waals surface area contributed by atoms with Crippen molar-refractivity contribution in [3.05, 3.63) is 83.1 Å². The normalized spacial score (nSPS) is 12.2. The maximum atomic E-state index is 3.73. The maximum absolute atomic E-state index is 3.73. The standard InChI is InChI=1S/C14H23N.C8H10/c1-7-9-14(10-8-2)13(6)15-12(5)11(3)4;1-7-3-5-8(2)6-4-7/h7-10,13,15H,1H2,2-6H3;3-6H,1-2H3/b10-8-,14-9+;. The summed E-state index contributed by atoms with van der Waals surface area (Å²) in [5.41, 5.74) is 6.46. The van der Waals surface area contributed by atoms with Gasteiger partial charge in [0.25, 0.3) is 0 Å². The Morgan fingerprint density at radius 1 is 1.04 bits per heavy atom. The van der Waals surface area contributed by atoms with Gasteiger partial charge in [0.05, 0.1) is 0 Å². The molecule has 1 aromatic carbocycles. The van der Waals surface area contributed by atoms with Crippen LogP contribution in [0.2, 0.25) is 0 Å². The van der Waals surface area contributed by atoms with Gasteiger partial charge in [-0.25, -0.2) is 0 Å². The average molecular weight is 312 g/mol. The van der Waals surface area contributed by atoms with Gasteiger partial charge in [-0.2, -0.15) is 0 Å². The Bertz CT molecular complexity index is 531. The minimum absolute atomic E-state index is 0.314. The molecule has 0 aliphatic carbocycles. The number of allylic oxidation sites excluding steroid dienone is 5. The lowest BCUT2D eigenvalue weighted by Crippen LogP contribution is -2.26. The monoisotopic (exact) mass is 311 g/mol. The van der Waals surface area contributed by atoms with Crippen molar-refractivity contribution in [3.8, 4) is 0 Å². The van der Waals surface area contributed by atoms with Crippen molar-refractivity contribution in [2.45, 2.75) is 54.5 Å². The van der Waals surface area contributed by atoms with Crippen LogP contribution in [0.1, 0.15) is 45.7 Å². The second-order valence-corrected chi connectivity index (χ2v) is 6.05. The SMILES string of the molecule is C=C/C=C(\C=C/C)C(C)NC(C)=C(C)C.Cc1ccc(C)cc1. The van der Waals surface area contributed by atoms with E-state index in [9.17, 15) is 0 Å². The summed E-state index contributed by atoms with van der Waals surface area (Å²) in [5.74, 6) is 0. The molecule has 1 nitrogen and oxygen atoms in total. The predicted molar refractivity (Wildman–Crippen MR) is 106 cm³/mol. The van der Waals surface area contributed by atoms with Crippen LogP contribution in [0.5, 0.6) is 0 Å². The van der Waals surface area contributed by atoms with Crippen LogP contribution in [0.25, 0.3) is 0 Å². The third-order valence-electron chi connectivity index (χ3n) is 3.57. The van der Waals surface area contributed by atoms with Crippen LogP contribution in [0, 0.1) is 13.8 Å². The van der Waals surface area contributed by atoms with Gasteiger partial charge in [0.15, 0.2) is 0 Å². The highest BCUT2D eigenvalue weighted by Crippen LogP contribution is 2.08. The first-order valence-corrected chi connectivity index (χ1v) is 8.21. The van der Waals surface area contributed by atoms with Crippen LogP contribution in [0.3, 0.4) is 0 Å². The molecule has 0 saturated carbocycles. The molecule has 0 saturated heterocycles. The zero-order valence-electron chi connectivity index (χ0n) is 15.9. The molecule has 0 bridgehead atoms. The Morgan fingerprint density at radius 3 is 1.87 bits per heavy atom. The van der Waals surface area contributed by atoms with E-state index in [1.54, 1.807) is 0 Å². The van der Waals surface area contributed by atoms with Crippen molar-refractivity contribution in [1.82, 2.24) is 5.32 Å². The zero-order chi connectivity index (χ0) is 17.8. The van der Waals surface area contributed by atoms with Gasteiger partial charge in [0.2, 0.25) is 0 Å². The summed E-state index contributed by atoms with van der Waals surface area (Å²) >= 11 is 0. The van der Waals surface area contributed by atoms with Gasteiger partial charge in [-0.3, -0.25) is 0 Å². The lowest BCUT2D eigenvalue weighted by Gasteiger charge is -2.18. The minimum atomic E-state index is 0.314. The topological polar surface area (TPSA) is 12.0 Å². The van der Waals surface area contributed by atoms with Crippen molar-refractivity contribution in [2.24, 2.45) is 0 Å². The lowest BCUT2D eigenvalue weighted by molar-refractivity contribution is 0.697. The summed E-state index contributed by atoms with van der Waals surface area (Å²) < 4.78 is 0. The van der Waals surface area contributed by atoms with E-state index < -0.39 is 0 Å². The molecule has 1 unspecified atom stereocenters. The fraction of sp³-hybridized carbons (Fsp3) is 0.364. The summed E-state index contributed by atoms with van der Waals surface area (Å²) in [7, 11) is 0. The van der Waals surface area contributed by atoms with Crippen molar-refractivity contribution >= 4 is 0 Å². The largest absolute Gasteiger partial charge is 0.382 e. The molecule has 1 atom stereocenters. The molecule has 0 heterocycles. The van der Waals surface area contributed by atoms with Gasteiger partial charge in [0, 0.05) is 11.7 Å². The van der Waals surface area contributed by atoms with E-state index in [0.717, 1.165) is 0 Å². The van der Waals surface area contributed by atoms with Crippen molar-refractivity contribution in [2.75, 3.05) is 0 Å². The van der Waals surface area contributed by atoms with Crippen LogP contribution < -0.4 is 5.32 Å². The summed E-state index contributed by atoms with van der Waals surface area (Å²) in [6, 6.07) is 8.80. The third kappa shape index (κ3) is 9.57. The van der Waals surface area contributed by atoms with Gasteiger partial charge < -0.3 is 5.32 Å². The number of benzene rings is 1. The number of hydrogen-bond acceptors (Lipinski definition) is 1. The number of rotatable bonds is 5. The van der Waals surface area contributed by atoms with E-state index in [-0.39, 0.29) is 0 Å². The molecule has 0 aromatic heterocycles. The molecule has 1 rings (SSSR count). The summed E-state index contributed by atoms with van der Waals surface area (Å²) in [6.45, 7) is 18.4. The molecular weight excluding hydrogens is 278 g/mol. The van der Waals surface area contributed by atoms with Crippen LogP contribution in [0.4, 0.5) is 0 Å². The fourth-order valence-corrected chi connectivity index (χ4v) is 1.86. The lowest BCUT2D eigenvalue weighted by atomic mass is 10.1. The molecule has 0 spiro atoms. The molecule has 23 heavy (non-hydrogen) atoms. The Kier molecular flexibility index (Phi) is 10.5. The summed E-state index contributed by atoms with van der Waals surface area (Å²) in [4.78, 5) is 0.